The zero-order valence-electron chi connectivity index (χ0n) is 20.7. The van der Waals surface area contributed by atoms with E-state index in [1.54, 1.807) is 17.0 Å². The lowest BCUT2D eigenvalue weighted by Gasteiger charge is -2.35. The fourth-order valence-corrected chi connectivity index (χ4v) is 6.08. The van der Waals surface area contributed by atoms with Gasteiger partial charge in [-0.1, -0.05) is 36.2 Å². The second-order valence-electron chi connectivity index (χ2n) is 9.45. The number of piperazine rings is 1. The summed E-state index contributed by atoms with van der Waals surface area (Å²) in [5.41, 5.74) is 1.02. The van der Waals surface area contributed by atoms with Crippen molar-refractivity contribution in [3.63, 3.8) is 0 Å². The van der Waals surface area contributed by atoms with Crippen molar-refractivity contribution in [2.24, 2.45) is 0 Å². The lowest BCUT2D eigenvalue weighted by Crippen LogP contribution is -2.57. The van der Waals surface area contributed by atoms with Crippen molar-refractivity contribution in [3.05, 3.63) is 63.3 Å². The van der Waals surface area contributed by atoms with Gasteiger partial charge in [0.15, 0.2) is 5.54 Å². The van der Waals surface area contributed by atoms with Crippen LogP contribution in [0.3, 0.4) is 0 Å². The summed E-state index contributed by atoms with van der Waals surface area (Å²) in [7, 11) is 0. The largest absolute Gasteiger partial charge is 0.461 e. The van der Waals surface area contributed by atoms with E-state index in [0.29, 0.717) is 39.0 Å². The summed E-state index contributed by atoms with van der Waals surface area (Å²) in [6, 6.07) is 10.8. The van der Waals surface area contributed by atoms with Crippen LogP contribution in [0.15, 0.2) is 40.8 Å². The minimum Gasteiger partial charge on any atom is -0.461 e. The Morgan fingerprint density at radius 3 is 2.44 bits per heavy atom. The van der Waals surface area contributed by atoms with Gasteiger partial charge in [-0.05, 0) is 56.3 Å². The first-order valence-electron chi connectivity index (χ1n) is 12.3. The Morgan fingerprint density at radius 2 is 1.75 bits per heavy atom. The van der Waals surface area contributed by atoms with Gasteiger partial charge in [-0.2, -0.15) is 0 Å². The van der Waals surface area contributed by atoms with Gasteiger partial charge >= 0.3 is 0 Å². The predicted molar refractivity (Wildman–Crippen MR) is 143 cm³/mol. The minimum atomic E-state index is -1.48. The van der Waals surface area contributed by atoms with Gasteiger partial charge in [0, 0.05) is 48.7 Å². The molecule has 190 valence electrons. The van der Waals surface area contributed by atoms with E-state index >= 15 is 0 Å². The van der Waals surface area contributed by atoms with E-state index in [0.717, 1.165) is 43.9 Å². The van der Waals surface area contributed by atoms with Crippen LogP contribution in [-0.2, 0) is 15.1 Å². The number of hydrogen-bond donors (Lipinski definition) is 1. The molecule has 2 aromatic carbocycles. The number of furan rings is 1. The summed E-state index contributed by atoms with van der Waals surface area (Å²) in [4.78, 5) is 33.9. The number of rotatable bonds is 6. The molecule has 3 aromatic rings. The molecule has 9 heteroatoms. The third kappa shape index (κ3) is 4.18. The number of carbonyl (C=O) groups is 2. The molecule has 1 unspecified atom stereocenters. The second kappa shape index (κ2) is 9.71. The monoisotopic (exact) mass is 528 g/mol. The quantitative estimate of drug-likeness (QED) is 0.513. The second-order valence-corrected chi connectivity index (χ2v) is 10.3. The molecule has 2 aliphatic heterocycles. The number of carbonyl (C=O) groups excluding carboxylic acids is 2. The molecule has 7 nitrogen and oxygen atoms in total. The third-order valence-corrected chi connectivity index (χ3v) is 7.78. The number of fused-ring (bicyclic) bond motifs is 2. The Labute approximate surface area is 220 Å². The third-order valence-electron chi connectivity index (χ3n) is 7.26. The zero-order chi connectivity index (χ0) is 25.6. The summed E-state index contributed by atoms with van der Waals surface area (Å²) in [6.45, 7) is 11.0. The number of nitrogens with zero attached hydrogens (tertiary/aromatic N) is 3. The van der Waals surface area contributed by atoms with Gasteiger partial charge in [-0.25, -0.2) is 0 Å². The number of anilines is 1. The van der Waals surface area contributed by atoms with Crippen LogP contribution >= 0.6 is 23.2 Å². The van der Waals surface area contributed by atoms with Crippen LogP contribution in [0.1, 0.15) is 30.7 Å². The van der Waals surface area contributed by atoms with Crippen molar-refractivity contribution < 1.29 is 14.0 Å². The molecule has 0 saturated carbocycles. The van der Waals surface area contributed by atoms with Crippen molar-refractivity contribution in [2.75, 3.05) is 50.7 Å². The fraction of sp³-hybridized carbons (Fsp3) is 0.407. The lowest BCUT2D eigenvalue weighted by molar-refractivity contribution is -0.130. The molecule has 1 atom stereocenters. The Bertz CT molecular complexity index is 1330. The molecule has 1 aromatic heterocycles. The summed E-state index contributed by atoms with van der Waals surface area (Å²) in [5.74, 6) is 0.282. The minimum absolute atomic E-state index is 0.201. The Hall–Kier alpha value is -2.58. The SMILES string of the molecule is CCN1CCN(CC(=O)NC2(c3ccc4oc(C)cc4c3)C(=O)N(CC)c3cc(Cl)cc(Cl)c32)CC1. The first-order chi connectivity index (χ1) is 17.3. The highest BCUT2D eigenvalue weighted by Crippen LogP contribution is 2.49. The molecule has 0 aliphatic carbocycles. The van der Waals surface area contributed by atoms with E-state index in [9.17, 15) is 9.59 Å². The number of benzene rings is 2. The van der Waals surface area contributed by atoms with Gasteiger partial charge < -0.3 is 19.5 Å². The van der Waals surface area contributed by atoms with Gasteiger partial charge in [0.2, 0.25) is 5.91 Å². The number of likely N-dealkylation sites (N-methyl/N-ethyl adjacent to an activating group) is 2. The van der Waals surface area contributed by atoms with Crippen LogP contribution in [0.5, 0.6) is 0 Å². The molecule has 1 saturated heterocycles. The van der Waals surface area contributed by atoms with Crippen LogP contribution in [0.2, 0.25) is 10.0 Å². The molecular weight excluding hydrogens is 499 g/mol. The lowest BCUT2D eigenvalue weighted by atomic mass is 9.83. The maximum atomic E-state index is 14.2. The van der Waals surface area contributed by atoms with Crippen molar-refractivity contribution in [1.29, 1.82) is 0 Å². The van der Waals surface area contributed by atoms with Crippen molar-refractivity contribution in [1.82, 2.24) is 15.1 Å². The first kappa shape index (κ1) is 25.1. The molecular formula is C27H30Cl2N4O3. The number of amides is 2. The summed E-state index contributed by atoms with van der Waals surface area (Å²) in [6.07, 6.45) is 0. The Kier molecular flexibility index (Phi) is 6.76. The normalized spacial score (nSPS) is 20.8. The van der Waals surface area contributed by atoms with Crippen molar-refractivity contribution in [2.45, 2.75) is 26.3 Å². The standard InChI is InChI=1S/C27H30Cl2N4O3/c1-4-31-8-10-32(11-9-31)16-24(34)30-27(19-6-7-23-18(13-19)12-17(3)36-23)25-21(29)14-20(28)15-22(25)33(5-2)26(27)35/h6-7,12-15H,4-5,8-11,16H2,1-3H3,(H,30,34). The Balaban J connectivity index is 1.60. The van der Waals surface area contributed by atoms with Crippen LogP contribution in [0.25, 0.3) is 11.0 Å². The van der Waals surface area contributed by atoms with Crippen LogP contribution in [0.4, 0.5) is 5.69 Å². The number of halogens is 2. The van der Waals surface area contributed by atoms with E-state index in [4.69, 9.17) is 27.6 Å². The van der Waals surface area contributed by atoms with E-state index in [1.807, 2.05) is 38.1 Å². The topological polar surface area (TPSA) is 69.0 Å². The highest BCUT2D eigenvalue weighted by atomic mass is 35.5. The molecule has 0 radical (unpaired) electrons. The van der Waals surface area contributed by atoms with Crippen LogP contribution < -0.4 is 10.2 Å². The number of aryl methyl sites for hydroxylation is 1. The smallest absolute Gasteiger partial charge is 0.262 e. The molecule has 1 fully saturated rings. The highest BCUT2D eigenvalue weighted by Gasteiger charge is 2.54. The maximum absolute atomic E-state index is 14.2. The number of nitrogens with one attached hydrogen (secondary N) is 1. The molecule has 3 heterocycles. The van der Waals surface area contributed by atoms with E-state index in [-0.39, 0.29) is 18.4 Å². The highest BCUT2D eigenvalue weighted by molar-refractivity contribution is 6.37. The van der Waals surface area contributed by atoms with Crippen molar-refractivity contribution in [3.8, 4) is 0 Å². The first-order valence-corrected chi connectivity index (χ1v) is 13.1. The predicted octanol–water partition coefficient (Wildman–Crippen LogP) is 4.41. The average Bonchev–Trinajstić information content (AvgIpc) is 3.33. The molecule has 0 spiro atoms. The maximum Gasteiger partial charge on any atom is 0.262 e. The molecule has 0 bridgehead atoms. The molecule has 5 rings (SSSR count). The van der Waals surface area contributed by atoms with Crippen LogP contribution in [0, 0.1) is 6.92 Å². The van der Waals surface area contributed by atoms with Crippen molar-refractivity contribution >= 4 is 51.7 Å². The molecule has 1 N–H and O–H groups in total. The number of hydrogen-bond acceptors (Lipinski definition) is 5. The van der Waals surface area contributed by atoms with Gasteiger partial charge in [0.25, 0.3) is 5.91 Å². The average molecular weight is 529 g/mol. The summed E-state index contributed by atoms with van der Waals surface area (Å²) < 4.78 is 5.76. The zero-order valence-corrected chi connectivity index (χ0v) is 22.2. The van der Waals surface area contributed by atoms with Gasteiger partial charge in [-0.3, -0.25) is 14.5 Å². The summed E-state index contributed by atoms with van der Waals surface area (Å²) >= 11 is 13.1. The summed E-state index contributed by atoms with van der Waals surface area (Å²) in [5, 5.41) is 4.76. The van der Waals surface area contributed by atoms with E-state index < -0.39 is 5.54 Å². The van der Waals surface area contributed by atoms with E-state index in [2.05, 4.69) is 22.0 Å². The van der Waals surface area contributed by atoms with Gasteiger partial charge in [0.05, 0.1) is 17.3 Å². The molecule has 36 heavy (non-hydrogen) atoms. The van der Waals surface area contributed by atoms with Gasteiger partial charge in [-0.15, -0.1) is 0 Å². The Morgan fingerprint density at radius 1 is 1.03 bits per heavy atom. The van der Waals surface area contributed by atoms with Crippen LogP contribution in [-0.4, -0.2) is 67.4 Å². The van der Waals surface area contributed by atoms with Gasteiger partial charge in [0.1, 0.15) is 11.3 Å². The van der Waals surface area contributed by atoms with E-state index in [1.165, 1.54) is 0 Å². The fourth-order valence-electron chi connectivity index (χ4n) is 5.46. The molecule has 2 aliphatic rings. The molecule has 2 amide bonds.